The number of carbonyl (C=O) groups excluding carboxylic acids is 3. The summed E-state index contributed by atoms with van der Waals surface area (Å²) >= 11 is 1.62. The van der Waals surface area contributed by atoms with Crippen LogP contribution in [0.5, 0.6) is 11.5 Å². The molecule has 1 saturated heterocycles. The number of rotatable bonds is 8. The minimum Gasteiger partial charge on any atom is -0.480 e. The molecule has 0 bridgehead atoms. The van der Waals surface area contributed by atoms with E-state index in [-0.39, 0.29) is 24.0 Å². The number of likely N-dealkylation sites (tertiary alicyclic amines) is 1. The third-order valence-electron chi connectivity index (χ3n) is 7.35. The molecule has 2 atom stereocenters. The number of carbonyl (C=O) groups is 3. The van der Waals surface area contributed by atoms with Crippen molar-refractivity contribution in [3.05, 3.63) is 89.0 Å². The van der Waals surface area contributed by atoms with Gasteiger partial charge in [0.05, 0.1) is 0 Å². The van der Waals surface area contributed by atoms with Crippen molar-refractivity contribution in [2.24, 2.45) is 5.92 Å². The van der Waals surface area contributed by atoms with E-state index in [1.54, 1.807) is 42.6 Å². The Bertz CT molecular complexity index is 1340. The van der Waals surface area contributed by atoms with E-state index in [0.717, 1.165) is 21.6 Å². The van der Waals surface area contributed by atoms with Crippen molar-refractivity contribution in [2.45, 2.75) is 51.0 Å². The first-order valence-corrected chi connectivity index (χ1v) is 14.2. The van der Waals surface area contributed by atoms with Gasteiger partial charge >= 0.3 is 6.09 Å². The van der Waals surface area contributed by atoms with Gasteiger partial charge in [-0.2, -0.15) is 0 Å². The van der Waals surface area contributed by atoms with E-state index in [4.69, 9.17) is 9.47 Å². The molecule has 0 N–H and O–H groups in total. The average Bonchev–Trinajstić information content (AvgIpc) is 3.36. The quantitative estimate of drug-likeness (QED) is 0.227. The van der Waals surface area contributed by atoms with Crippen molar-refractivity contribution < 1.29 is 23.9 Å². The van der Waals surface area contributed by atoms with Gasteiger partial charge in [-0.05, 0) is 81.8 Å². The first-order chi connectivity index (χ1) is 18.5. The number of nitrogens with zero attached hydrogens (tertiary/aromatic N) is 1. The fraction of sp³-hybridized carbons (Fsp3) is 0.344. The molecule has 3 aromatic carbocycles. The van der Waals surface area contributed by atoms with Crippen LogP contribution in [0.1, 0.15) is 53.7 Å². The monoisotopic (exact) mass is 545 g/mol. The highest BCUT2D eigenvalue weighted by molar-refractivity contribution is 7.98. The number of hydrogen-bond donors (Lipinski definition) is 0. The summed E-state index contributed by atoms with van der Waals surface area (Å²) in [5.74, 6) is 0.388. The predicted molar refractivity (Wildman–Crippen MR) is 154 cm³/mol. The van der Waals surface area contributed by atoms with Gasteiger partial charge in [0.1, 0.15) is 11.5 Å². The normalized spacial score (nSPS) is 17.1. The van der Waals surface area contributed by atoms with E-state index in [2.05, 4.69) is 0 Å². The van der Waals surface area contributed by atoms with Gasteiger partial charge in [0.15, 0.2) is 17.2 Å². The number of amides is 1. The molecule has 0 radical (unpaired) electrons. The van der Waals surface area contributed by atoms with Crippen molar-refractivity contribution in [3.63, 3.8) is 0 Å². The largest absolute Gasteiger partial charge is 0.480 e. The van der Waals surface area contributed by atoms with E-state index in [1.807, 2.05) is 74.7 Å². The summed E-state index contributed by atoms with van der Waals surface area (Å²) in [6.07, 6.45) is 1.52. The number of hydrogen-bond acceptors (Lipinski definition) is 6. The van der Waals surface area contributed by atoms with Gasteiger partial charge in [0.2, 0.25) is 0 Å². The highest BCUT2D eigenvalue weighted by atomic mass is 32.2. The van der Waals surface area contributed by atoms with Crippen LogP contribution >= 0.6 is 11.8 Å². The Hall–Kier alpha value is -3.58. The zero-order valence-electron chi connectivity index (χ0n) is 23.3. The third kappa shape index (κ3) is 6.36. The summed E-state index contributed by atoms with van der Waals surface area (Å²) in [5, 5.41) is 0. The maximum Gasteiger partial charge on any atom is 0.415 e. The summed E-state index contributed by atoms with van der Waals surface area (Å²) in [6, 6.07) is 20.5. The van der Waals surface area contributed by atoms with Crippen LogP contribution in [-0.2, 0) is 4.79 Å². The molecule has 204 valence electrons. The molecular formula is C32H35NO5S. The van der Waals surface area contributed by atoms with Crippen LogP contribution < -0.4 is 9.47 Å². The van der Waals surface area contributed by atoms with Crippen LogP contribution in [0, 0.1) is 19.8 Å². The predicted octanol–water partition coefficient (Wildman–Crippen LogP) is 6.87. The fourth-order valence-electron chi connectivity index (χ4n) is 4.87. The zero-order valence-corrected chi connectivity index (χ0v) is 24.1. The number of benzene rings is 3. The van der Waals surface area contributed by atoms with E-state index in [0.29, 0.717) is 23.6 Å². The van der Waals surface area contributed by atoms with Crippen LogP contribution in [0.4, 0.5) is 4.79 Å². The number of aryl methyl sites for hydroxylation is 2. The molecule has 0 spiro atoms. The maximum absolute atomic E-state index is 13.8. The first-order valence-electron chi connectivity index (χ1n) is 13.0. The van der Waals surface area contributed by atoms with E-state index < -0.39 is 17.6 Å². The third-order valence-corrected chi connectivity index (χ3v) is 8.10. The van der Waals surface area contributed by atoms with Gasteiger partial charge in [-0.1, -0.05) is 42.5 Å². The van der Waals surface area contributed by atoms with E-state index in [9.17, 15) is 14.4 Å². The average molecular weight is 546 g/mol. The Morgan fingerprint density at radius 3 is 2.10 bits per heavy atom. The van der Waals surface area contributed by atoms with E-state index in [1.165, 1.54) is 6.92 Å². The van der Waals surface area contributed by atoms with Crippen LogP contribution in [0.3, 0.4) is 0 Å². The van der Waals surface area contributed by atoms with Crippen LogP contribution in [0.25, 0.3) is 0 Å². The highest BCUT2D eigenvalue weighted by Gasteiger charge is 2.42. The second-order valence-electron chi connectivity index (χ2n) is 10.5. The van der Waals surface area contributed by atoms with Crippen LogP contribution in [0.15, 0.2) is 71.6 Å². The van der Waals surface area contributed by atoms with Gasteiger partial charge < -0.3 is 14.4 Å². The van der Waals surface area contributed by atoms with E-state index >= 15 is 0 Å². The van der Waals surface area contributed by atoms with Crippen molar-refractivity contribution in [1.82, 2.24) is 4.90 Å². The Labute approximate surface area is 234 Å². The zero-order chi connectivity index (χ0) is 28.3. The Balaban J connectivity index is 1.66. The molecule has 1 aliphatic rings. The maximum atomic E-state index is 13.8. The molecule has 4 rings (SSSR count). The van der Waals surface area contributed by atoms with Gasteiger partial charge in [-0.25, -0.2) is 4.79 Å². The minimum atomic E-state index is -0.955. The lowest BCUT2D eigenvalue weighted by atomic mass is 9.82. The summed E-state index contributed by atoms with van der Waals surface area (Å²) in [7, 11) is 0. The number of thioether (sulfide) groups is 1. The second-order valence-corrected chi connectivity index (χ2v) is 11.4. The molecule has 7 heteroatoms. The molecule has 0 aromatic heterocycles. The summed E-state index contributed by atoms with van der Waals surface area (Å²) in [6.45, 7) is 9.52. The Morgan fingerprint density at radius 2 is 1.54 bits per heavy atom. The molecular weight excluding hydrogens is 510 g/mol. The molecule has 3 aromatic rings. The number of ketones is 2. The molecule has 39 heavy (non-hydrogen) atoms. The molecule has 1 aliphatic heterocycles. The summed E-state index contributed by atoms with van der Waals surface area (Å²) < 4.78 is 11.7. The molecule has 1 amide bonds. The van der Waals surface area contributed by atoms with Gasteiger partial charge in [0.25, 0.3) is 0 Å². The minimum absolute atomic E-state index is 0.00369. The Kier molecular flexibility index (Phi) is 8.50. The van der Waals surface area contributed by atoms with Crippen molar-refractivity contribution >= 4 is 29.4 Å². The van der Waals surface area contributed by atoms with Crippen molar-refractivity contribution in [2.75, 3.05) is 19.3 Å². The lowest BCUT2D eigenvalue weighted by Gasteiger charge is -2.27. The first kappa shape index (κ1) is 28.4. The van der Waals surface area contributed by atoms with Crippen LogP contribution in [-0.4, -0.2) is 47.5 Å². The molecule has 0 aliphatic carbocycles. The molecule has 6 nitrogen and oxygen atoms in total. The Morgan fingerprint density at radius 1 is 0.923 bits per heavy atom. The molecule has 1 fully saturated rings. The lowest BCUT2D eigenvalue weighted by molar-refractivity contribution is -0.129. The topological polar surface area (TPSA) is 72.9 Å². The second kappa shape index (κ2) is 11.7. The van der Waals surface area contributed by atoms with Gasteiger partial charge in [0, 0.05) is 35.4 Å². The molecule has 2 unspecified atom stereocenters. The highest BCUT2D eigenvalue weighted by Crippen LogP contribution is 2.39. The van der Waals surface area contributed by atoms with Gasteiger partial charge in [-0.15, -0.1) is 11.8 Å². The number of para-hydroxylation sites is 1. The number of Topliss-reactive ketones (excluding diaryl/α,β-unsaturated/α-hetero) is 2. The summed E-state index contributed by atoms with van der Waals surface area (Å²) in [5.41, 5.74) is 2.37. The summed E-state index contributed by atoms with van der Waals surface area (Å²) in [4.78, 5) is 41.7. The smallest absolute Gasteiger partial charge is 0.415 e. The van der Waals surface area contributed by atoms with Crippen molar-refractivity contribution in [3.8, 4) is 11.5 Å². The number of ether oxygens (including phenoxy) is 2. The fourth-order valence-corrected chi connectivity index (χ4v) is 5.27. The lowest BCUT2D eigenvalue weighted by Crippen LogP contribution is -2.36. The molecule has 0 saturated carbocycles. The van der Waals surface area contributed by atoms with Crippen molar-refractivity contribution in [1.29, 1.82) is 0 Å². The van der Waals surface area contributed by atoms with Crippen LogP contribution in [0.2, 0.25) is 0 Å². The van der Waals surface area contributed by atoms with Gasteiger partial charge in [-0.3, -0.25) is 9.59 Å². The molecule has 1 heterocycles. The SMILES string of the molecule is CSc1ccc(C(=O)C2CN(C(=O)Oc3ccccc3)CC2c2cc(C)c(OC(C)(C)C(C)=O)c(C)c2)cc1. The standard InChI is InChI=1S/C32H35NO5S/c1-20-16-24(17-21(2)30(20)38-32(4,5)22(3)34)27-18-33(31(36)37-25-10-8-7-9-11-25)19-28(27)29(35)23-12-14-26(39-6)15-13-23/h7-17,27-28H,18-19H2,1-6H3.